The Morgan fingerprint density at radius 1 is 0.955 bits per heavy atom. The SMILES string of the molecule is CN(Cc1cccc2ccccc12)C(=O)c1ccc(F)cc1. The molecule has 110 valence electrons. The number of halogens is 1. The molecule has 0 saturated heterocycles. The van der Waals surface area contributed by atoms with Crippen molar-refractivity contribution in [3.05, 3.63) is 83.7 Å². The highest BCUT2D eigenvalue weighted by Crippen LogP contribution is 2.20. The Morgan fingerprint density at radius 2 is 1.64 bits per heavy atom. The summed E-state index contributed by atoms with van der Waals surface area (Å²) in [6, 6.07) is 19.8. The highest BCUT2D eigenvalue weighted by molar-refractivity contribution is 5.94. The predicted octanol–water partition coefficient (Wildman–Crippen LogP) is 4.25. The van der Waals surface area contributed by atoms with E-state index < -0.39 is 0 Å². The lowest BCUT2D eigenvalue weighted by molar-refractivity contribution is 0.0785. The summed E-state index contributed by atoms with van der Waals surface area (Å²) in [6.07, 6.45) is 0. The van der Waals surface area contributed by atoms with Gasteiger partial charge in [0.15, 0.2) is 0 Å². The number of hydrogen-bond acceptors (Lipinski definition) is 1. The molecule has 0 N–H and O–H groups in total. The van der Waals surface area contributed by atoms with E-state index in [9.17, 15) is 9.18 Å². The Balaban J connectivity index is 1.85. The van der Waals surface area contributed by atoms with Crippen LogP contribution in [0.4, 0.5) is 4.39 Å². The maximum atomic E-state index is 12.9. The zero-order valence-electron chi connectivity index (χ0n) is 12.3. The first-order chi connectivity index (χ1) is 10.6. The van der Waals surface area contributed by atoms with Crippen LogP contribution in [0.3, 0.4) is 0 Å². The summed E-state index contributed by atoms with van der Waals surface area (Å²) >= 11 is 0. The molecular weight excluding hydrogens is 277 g/mol. The zero-order chi connectivity index (χ0) is 15.5. The first kappa shape index (κ1) is 14.3. The third-order valence-corrected chi connectivity index (χ3v) is 3.73. The minimum absolute atomic E-state index is 0.118. The third kappa shape index (κ3) is 2.84. The number of hydrogen-bond donors (Lipinski definition) is 0. The van der Waals surface area contributed by atoms with Crippen molar-refractivity contribution in [2.24, 2.45) is 0 Å². The molecule has 0 bridgehead atoms. The lowest BCUT2D eigenvalue weighted by Crippen LogP contribution is -2.26. The van der Waals surface area contributed by atoms with Crippen molar-refractivity contribution in [2.75, 3.05) is 7.05 Å². The molecule has 0 spiro atoms. The smallest absolute Gasteiger partial charge is 0.253 e. The van der Waals surface area contributed by atoms with E-state index in [1.807, 2.05) is 24.3 Å². The number of rotatable bonds is 3. The molecule has 0 unspecified atom stereocenters. The van der Waals surface area contributed by atoms with Crippen LogP contribution in [0, 0.1) is 5.82 Å². The fourth-order valence-corrected chi connectivity index (χ4v) is 2.57. The van der Waals surface area contributed by atoms with Crippen molar-refractivity contribution >= 4 is 16.7 Å². The quantitative estimate of drug-likeness (QED) is 0.707. The first-order valence-electron chi connectivity index (χ1n) is 7.13. The van der Waals surface area contributed by atoms with E-state index in [1.165, 1.54) is 24.3 Å². The van der Waals surface area contributed by atoms with Gasteiger partial charge in [-0.3, -0.25) is 4.79 Å². The molecular formula is C19H16FNO. The summed E-state index contributed by atoms with van der Waals surface area (Å²) in [5, 5.41) is 2.30. The lowest BCUT2D eigenvalue weighted by atomic mass is 10.0. The number of carbonyl (C=O) groups excluding carboxylic acids is 1. The van der Waals surface area contributed by atoms with Crippen molar-refractivity contribution in [1.82, 2.24) is 4.90 Å². The van der Waals surface area contributed by atoms with Crippen molar-refractivity contribution < 1.29 is 9.18 Å². The van der Waals surface area contributed by atoms with Crippen LogP contribution in [0.1, 0.15) is 15.9 Å². The van der Waals surface area contributed by atoms with Gasteiger partial charge in [0, 0.05) is 19.2 Å². The summed E-state index contributed by atoms with van der Waals surface area (Å²) < 4.78 is 12.9. The number of benzene rings is 3. The van der Waals surface area contributed by atoms with Crippen LogP contribution >= 0.6 is 0 Å². The molecule has 0 fully saturated rings. The van der Waals surface area contributed by atoms with Crippen LogP contribution < -0.4 is 0 Å². The molecule has 3 heteroatoms. The number of amides is 1. The van der Waals surface area contributed by atoms with Gasteiger partial charge in [-0.1, -0.05) is 42.5 Å². The molecule has 0 aliphatic rings. The summed E-state index contributed by atoms with van der Waals surface area (Å²) in [6.45, 7) is 0.511. The van der Waals surface area contributed by atoms with Crippen molar-refractivity contribution in [3.8, 4) is 0 Å². The van der Waals surface area contributed by atoms with Gasteiger partial charge in [-0.2, -0.15) is 0 Å². The molecule has 0 heterocycles. The highest BCUT2D eigenvalue weighted by Gasteiger charge is 2.13. The average Bonchev–Trinajstić information content (AvgIpc) is 2.55. The largest absolute Gasteiger partial charge is 0.337 e. The summed E-state index contributed by atoms with van der Waals surface area (Å²) in [7, 11) is 1.76. The monoisotopic (exact) mass is 293 g/mol. The Morgan fingerprint density at radius 3 is 2.41 bits per heavy atom. The summed E-state index contributed by atoms with van der Waals surface area (Å²) in [5.41, 5.74) is 1.58. The number of fused-ring (bicyclic) bond motifs is 1. The molecule has 0 aliphatic heterocycles. The number of nitrogens with zero attached hydrogens (tertiary/aromatic N) is 1. The predicted molar refractivity (Wildman–Crippen MR) is 86.1 cm³/mol. The van der Waals surface area contributed by atoms with Gasteiger partial charge in [0.25, 0.3) is 5.91 Å². The van der Waals surface area contributed by atoms with Gasteiger partial charge in [-0.25, -0.2) is 4.39 Å². The molecule has 0 radical (unpaired) electrons. The van der Waals surface area contributed by atoms with Gasteiger partial charge in [0.1, 0.15) is 5.82 Å². The average molecular weight is 293 g/mol. The van der Waals surface area contributed by atoms with Crippen LogP contribution in [0.2, 0.25) is 0 Å². The standard InChI is InChI=1S/C19H16FNO/c1-21(19(22)15-9-11-17(20)12-10-15)13-16-7-4-6-14-5-2-3-8-18(14)16/h2-12H,13H2,1H3. The molecule has 0 atom stereocenters. The van der Waals surface area contributed by atoms with Gasteiger partial charge < -0.3 is 4.90 Å². The first-order valence-corrected chi connectivity index (χ1v) is 7.13. The molecule has 3 rings (SSSR count). The van der Waals surface area contributed by atoms with Crippen molar-refractivity contribution in [3.63, 3.8) is 0 Å². The van der Waals surface area contributed by atoms with Crippen LogP contribution in [0.15, 0.2) is 66.7 Å². The van der Waals surface area contributed by atoms with E-state index in [4.69, 9.17) is 0 Å². The Hall–Kier alpha value is -2.68. The molecule has 1 amide bonds. The molecule has 0 aliphatic carbocycles. The van der Waals surface area contributed by atoms with Crippen LogP contribution in [0.5, 0.6) is 0 Å². The van der Waals surface area contributed by atoms with Gasteiger partial charge in [-0.15, -0.1) is 0 Å². The van der Waals surface area contributed by atoms with E-state index >= 15 is 0 Å². The molecule has 22 heavy (non-hydrogen) atoms. The highest BCUT2D eigenvalue weighted by atomic mass is 19.1. The van der Waals surface area contributed by atoms with E-state index in [1.54, 1.807) is 11.9 Å². The van der Waals surface area contributed by atoms with E-state index in [-0.39, 0.29) is 11.7 Å². The second-order valence-electron chi connectivity index (χ2n) is 5.31. The fourth-order valence-electron chi connectivity index (χ4n) is 2.57. The van der Waals surface area contributed by atoms with E-state index in [0.717, 1.165) is 16.3 Å². The van der Waals surface area contributed by atoms with Gasteiger partial charge in [0.2, 0.25) is 0 Å². The minimum atomic E-state index is -0.340. The molecule has 0 saturated carbocycles. The molecule has 0 aromatic heterocycles. The Bertz CT molecular complexity index is 806. The van der Waals surface area contributed by atoms with Gasteiger partial charge in [-0.05, 0) is 40.6 Å². The third-order valence-electron chi connectivity index (χ3n) is 3.73. The van der Waals surface area contributed by atoms with Crippen LogP contribution in [-0.4, -0.2) is 17.9 Å². The van der Waals surface area contributed by atoms with E-state index in [0.29, 0.717) is 12.1 Å². The fraction of sp³-hybridized carbons (Fsp3) is 0.105. The van der Waals surface area contributed by atoms with E-state index in [2.05, 4.69) is 18.2 Å². The molecule has 3 aromatic carbocycles. The summed E-state index contributed by atoms with van der Waals surface area (Å²) in [5.74, 6) is -0.457. The maximum absolute atomic E-state index is 12.9. The zero-order valence-corrected chi connectivity index (χ0v) is 12.3. The number of carbonyl (C=O) groups is 1. The Labute approximate surface area is 128 Å². The van der Waals surface area contributed by atoms with Gasteiger partial charge >= 0.3 is 0 Å². The Kier molecular flexibility index (Phi) is 3.88. The summed E-state index contributed by atoms with van der Waals surface area (Å²) in [4.78, 5) is 14.0. The maximum Gasteiger partial charge on any atom is 0.253 e. The van der Waals surface area contributed by atoms with Gasteiger partial charge in [0.05, 0.1) is 0 Å². The van der Waals surface area contributed by atoms with Crippen molar-refractivity contribution in [2.45, 2.75) is 6.54 Å². The van der Waals surface area contributed by atoms with Crippen LogP contribution in [0.25, 0.3) is 10.8 Å². The molecule has 3 aromatic rings. The van der Waals surface area contributed by atoms with Crippen LogP contribution in [-0.2, 0) is 6.54 Å². The molecule has 2 nitrogen and oxygen atoms in total. The second-order valence-corrected chi connectivity index (χ2v) is 5.31. The second kappa shape index (κ2) is 5.98. The normalized spacial score (nSPS) is 10.6. The minimum Gasteiger partial charge on any atom is -0.337 e. The topological polar surface area (TPSA) is 20.3 Å². The lowest BCUT2D eigenvalue weighted by Gasteiger charge is -2.18. The van der Waals surface area contributed by atoms with Crippen molar-refractivity contribution in [1.29, 1.82) is 0 Å².